The van der Waals surface area contributed by atoms with Gasteiger partial charge in [-0.3, -0.25) is 9.48 Å². The average molecular weight is 377 g/mol. The summed E-state index contributed by atoms with van der Waals surface area (Å²) >= 11 is 0. The Kier molecular flexibility index (Phi) is 4.67. The summed E-state index contributed by atoms with van der Waals surface area (Å²) in [5, 5.41) is 9.18. The van der Waals surface area contributed by atoms with Crippen molar-refractivity contribution in [3.05, 3.63) is 54.0 Å². The zero-order chi connectivity index (χ0) is 19.6. The van der Waals surface area contributed by atoms with Crippen molar-refractivity contribution in [2.24, 2.45) is 12.8 Å². The Morgan fingerprint density at radius 2 is 1.93 bits per heavy atom. The van der Waals surface area contributed by atoms with Crippen molar-refractivity contribution < 1.29 is 18.0 Å². The number of hydrogen-bond acceptors (Lipinski definition) is 6. The maximum absolute atomic E-state index is 13.3. The monoisotopic (exact) mass is 377 g/mol. The lowest BCUT2D eigenvalue weighted by molar-refractivity contribution is -0.137. The molecule has 0 aliphatic heterocycles. The molecule has 0 aliphatic rings. The van der Waals surface area contributed by atoms with Crippen LogP contribution in [-0.4, -0.2) is 25.7 Å². The molecular formula is C16H14F3N7O. The first-order valence-electron chi connectivity index (χ1n) is 7.60. The summed E-state index contributed by atoms with van der Waals surface area (Å²) in [7, 11) is 1.63. The third-order valence-corrected chi connectivity index (χ3v) is 3.50. The minimum atomic E-state index is -4.66. The van der Waals surface area contributed by atoms with Gasteiger partial charge in [0.1, 0.15) is 11.4 Å². The Hall–Kier alpha value is -3.63. The van der Waals surface area contributed by atoms with Crippen molar-refractivity contribution in [3.8, 4) is 0 Å². The number of nitrogens with two attached hydrogens (primary N) is 1. The molecule has 0 saturated carbocycles. The second-order valence-electron chi connectivity index (χ2n) is 5.52. The van der Waals surface area contributed by atoms with Crippen molar-refractivity contribution in [2.45, 2.75) is 6.18 Å². The molecule has 0 saturated heterocycles. The largest absolute Gasteiger partial charge is 0.421 e. The molecule has 2 aromatic heterocycles. The first-order valence-corrected chi connectivity index (χ1v) is 7.60. The van der Waals surface area contributed by atoms with E-state index in [4.69, 9.17) is 5.73 Å². The second kappa shape index (κ2) is 6.94. The van der Waals surface area contributed by atoms with Crippen molar-refractivity contribution in [1.29, 1.82) is 0 Å². The third kappa shape index (κ3) is 4.14. The fraction of sp³-hybridized carbons (Fsp3) is 0.125. The Balaban J connectivity index is 1.98. The molecule has 0 unspecified atom stereocenters. The van der Waals surface area contributed by atoms with Gasteiger partial charge in [-0.05, 0) is 12.1 Å². The van der Waals surface area contributed by atoms with Crippen LogP contribution in [0.3, 0.4) is 0 Å². The van der Waals surface area contributed by atoms with Crippen molar-refractivity contribution in [3.63, 3.8) is 0 Å². The van der Waals surface area contributed by atoms with Gasteiger partial charge in [0, 0.05) is 19.4 Å². The lowest BCUT2D eigenvalue weighted by Gasteiger charge is -2.14. The molecule has 1 amide bonds. The lowest BCUT2D eigenvalue weighted by atomic mass is 10.1. The van der Waals surface area contributed by atoms with Crippen LogP contribution < -0.4 is 16.4 Å². The summed E-state index contributed by atoms with van der Waals surface area (Å²) in [6.45, 7) is 0. The van der Waals surface area contributed by atoms with Gasteiger partial charge in [0.25, 0.3) is 5.91 Å². The molecule has 2 heterocycles. The molecule has 0 fully saturated rings. The van der Waals surface area contributed by atoms with E-state index >= 15 is 0 Å². The molecule has 0 aliphatic carbocycles. The highest BCUT2D eigenvalue weighted by Crippen LogP contribution is 2.35. The van der Waals surface area contributed by atoms with E-state index in [1.54, 1.807) is 19.2 Å². The number of para-hydroxylation sites is 1. The number of hydrogen-bond donors (Lipinski definition) is 3. The normalized spacial score (nSPS) is 11.3. The van der Waals surface area contributed by atoms with Crippen LogP contribution in [0, 0.1) is 0 Å². The number of anilines is 4. The van der Waals surface area contributed by atoms with Gasteiger partial charge in [0.2, 0.25) is 5.95 Å². The number of amides is 1. The first kappa shape index (κ1) is 18.2. The van der Waals surface area contributed by atoms with Gasteiger partial charge < -0.3 is 16.4 Å². The van der Waals surface area contributed by atoms with E-state index in [-0.39, 0.29) is 17.2 Å². The standard InChI is InChI=1S/C16H14F3N7O/c1-26-8-9(6-22-26)23-14-11(16(17,18)19)7-21-15(25-14)24-12-5-3-2-4-10(12)13(20)27/h2-8H,1H3,(H2,20,27)(H2,21,23,24,25). The fourth-order valence-electron chi connectivity index (χ4n) is 2.29. The molecule has 0 atom stereocenters. The van der Waals surface area contributed by atoms with Crippen LogP contribution >= 0.6 is 0 Å². The number of carbonyl (C=O) groups excluding carboxylic acids is 1. The maximum atomic E-state index is 13.3. The van der Waals surface area contributed by atoms with Crippen molar-refractivity contribution in [1.82, 2.24) is 19.7 Å². The predicted molar refractivity (Wildman–Crippen MR) is 91.8 cm³/mol. The number of carbonyl (C=O) groups is 1. The number of aromatic nitrogens is 4. The molecule has 8 nitrogen and oxygen atoms in total. The Morgan fingerprint density at radius 1 is 1.19 bits per heavy atom. The summed E-state index contributed by atoms with van der Waals surface area (Å²) in [6, 6.07) is 6.25. The second-order valence-corrected chi connectivity index (χ2v) is 5.52. The molecular weight excluding hydrogens is 363 g/mol. The SMILES string of the molecule is Cn1cc(Nc2nc(Nc3ccccc3C(N)=O)ncc2C(F)(F)F)cn1. The van der Waals surface area contributed by atoms with Gasteiger partial charge >= 0.3 is 6.18 Å². The van der Waals surface area contributed by atoms with Crippen LogP contribution in [0.4, 0.5) is 36.3 Å². The summed E-state index contributed by atoms with van der Waals surface area (Å²) in [5.41, 5.74) is 5.01. The summed E-state index contributed by atoms with van der Waals surface area (Å²) < 4.78 is 41.2. The lowest BCUT2D eigenvalue weighted by Crippen LogP contribution is -2.15. The summed E-state index contributed by atoms with van der Waals surface area (Å²) in [5.74, 6) is -1.29. The number of aryl methyl sites for hydroxylation is 1. The molecule has 11 heteroatoms. The fourth-order valence-corrected chi connectivity index (χ4v) is 2.29. The van der Waals surface area contributed by atoms with E-state index in [0.717, 1.165) is 0 Å². The summed E-state index contributed by atoms with van der Waals surface area (Å²) in [4.78, 5) is 19.1. The van der Waals surface area contributed by atoms with Crippen LogP contribution in [0.15, 0.2) is 42.9 Å². The molecule has 3 rings (SSSR count). The van der Waals surface area contributed by atoms with Gasteiger partial charge in [-0.15, -0.1) is 0 Å². The smallest absolute Gasteiger partial charge is 0.366 e. The zero-order valence-electron chi connectivity index (χ0n) is 13.9. The molecule has 1 aromatic carbocycles. The van der Waals surface area contributed by atoms with E-state index in [1.807, 2.05) is 0 Å². The first-order chi connectivity index (χ1) is 12.7. The quantitative estimate of drug-likeness (QED) is 0.631. The highest BCUT2D eigenvalue weighted by Gasteiger charge is 2.35. The van der Waals surface area contributed by atoms with Gasteiger partial charge in [-0.25, -0.2) is 4.98 Å². The molecule has 0 spiro atoms. The third-order valence-electron chi connectivity index (χ3n) is 3.50. The Bertz CT molecular complexity index is 984. The van der Waals surface area contributed by atoms with Crippen LogP contribution in [-0.2, 0) is 13.2 Å². The van der Waals surface area contributed by atoms with E-state index in [1.165, 1.54) is 29.2 Å². The predicted octanol–water partition coefficient (Wildman–Crippen LogP) is 2.82. The van der Waals surface area contributed by atoms with Gasteiger partial charge in [-0.2, -0.15) is 23.3 Å². The van der Waals surface area contributed by atoms with Crippen molar-refractivity contribution >= 4 is 29.0 Å². The number of primary amides is 1. The Morgan fingerprint density at radius 3 is 2.56 bits per heavy atom. The van der Waals surface area contributed by atoms with Gasteiger partial charge in [0.15, 0.2) is 0 Å². The molecule has 27 heavy (non-hydrogen) atoms. The van der Waals surface area contributed by atoms with Gasteiger partial charge in [-0.1, -0.05) is 12.1 Å². The minimum Gasteiger partial charge on any atom is -0.366 e. The van der Waals surface area contributed by atoms with E-state index in [2.05, 4.69) is 25.7 Å². The van der Waals surface area contributed by atoms with Crippen molar-refractivity contribution in [2.75, 3.05) is 10.6 Å². The Labute approximate surface area is 151 Å². The van der Waals surface area contributed by atoms with Crippen LogP contribution in [0.2, 0.25) is 0 Å². The number of halogens is 3. The number of nitrogens with zero attached hydrogens (tertiary/aromatic N) is 4. The molecule has 3 aromatic rings. The van der Waals surface area contributed by atoms with E-state index in [0.29, 0.717) is 11.9 Å². The average Bonchev–Trinajstić information content (AvgIpc) is 2.99. The molecule has 0 bridgehead atoms. The zero-order valence-corrected chi connectivity index (χ0v) is 13.9. The molecule has 0 radical (unpaired) electrons. The van der Waals surface area contributed by atoms with Crippen LogP contribution in [0.1, 0.15) is 15.9 Å². The number of benzene rings is 1. The number of alkyl halides is 3. The van der Waals surface area contributed by atoms with Crippen LogP contribution in [0.25, 0.3) is 0 Å². The minimum absolute atomic E-state index is 0.136. The molecule has 4 N–H and O–H groups in total. The topological polar surface area (TPSA) is 111 Å². The highest BCUT2D eigenvalue weighted by atomic mass is 19.4. The number of rotatable bonds is 5. The molecule has 140 valence electrons. The van der Waals surface area contributed by atoms with Crippen LogP contribution in [0.5, 0.6) is 0 Å². The van der Waals surface area contributed by atoms with Gasteiger partial charge in [0.05, 0.1) is 23.1 Å². The van der Waals surface area contributed by atoms with E-state index < -0.39 is 23.5 Å². The number of nitrogens with one attached hydrogen (secondary N) is 2. The maximum Gasteiger partial charge on any atom is 0.421 e. The summed E-state index contributed by atoms with van der Waals surface area (Å²) in [6.07, 6.45) is -1.15. The highest BCUT2D eigenvalue weighted by molar-refractivity contribution is 5.99. The van der Waals surface area contributed by atoms with E-state index in [9.17, 15) is 18.0 Å².